The average Bonchev–Trinajstić information content (AvgIpc) is 2.83. The lowest BCUT2D eigenvalue weighted by atomic mass is 10.1. The van der Waals surface area contributed by atoms with Gasteiger partial charge in [0.25, 0.3) is 5.91 Å². The number of anilines is 1. The van der Waals surface area contributed by atoms with Crippen molar-refractivity contribution in [2.24, 2.45) is 0 Å². The van der Waals surface area contributed by atoms with Gasteiger partial charge in [0.1, 0.15) is 16.6 Å². The summed E-state index contributed by atoms with van der Waals surface area (Å²) in [6, 6.07) is 13.0. The van der Waals surface area contributed by atoms with E-state index in [0.29, 0.717) is 36.8 Å². The van der Waals surface area contributed by atoms with Gasteiger partial charge in [0.15, 0.2) is 12.4 Å². The van der Waals surface area contributed by atoms with Crippen LogP contribution < -0.4 is 10.1 Å². The maximum atomic E-state index is 13.2. The van der Waals surface area contributed by atoms with Crippen molar-refractivity contribution < 1.29 is 19.1 Å². The summed E-state index contributed by atoms with van der Waals surface area (Å²) in [6.45, 7) is 5.65. The number of hydrogen-bond acceptors (Lipinski definition) is 8. The zero-order valence-electron chi connectivity index (χ0n) is 18.2. The lowest BCUT2D eigenvalue weighted by Crippen LogP contribution is -2.36. The molecule has 33 heavy (non-hydrogen) atoms. The number of aromatic nitrogens is 2. The van der Waals surface area contributed by atoms with Gasteiger partial charge >= 0.3 is 0 Å². The van der Waals surface area contributed by atoms with Gasteiger partial charge in [0.05, 0.1) is 36.2 Å². The van der Waals surface area contributed by atoms with Gasteiger partial charge in [-0.25, -0.2) is 9.97 Å². The molecule has 0 bridgehead atoms. The lowest BCUT2D eigenvalue weighted by Gasteiger charge is -2.26. The normalized spacial score (nSPS) is 17.2. The van der Waals surface area contributed by atoms with Gasteiger partial charge in [-0.15, -0.1) is 0 Å². The molecule has 1 saturated heterocycles. The maximum absolute atomic E-state index is 13.2. The number of hydrogen-bond donors (Lipinski definition) is 1. The van der Waals surface area contributed by atoms with Crippen LogP contribution in [0.5, 0.6) is 5.75 Å². The predicted octanol–water partition coefficient (Wildman–Crippen LogP) is 3.16. The van der Waals surface area contributed by atoms with Gasteiger partial charge in [-0.1, -0.05) is 30.0 Å². The molecule has 1 N–H and O–H groups in total. The summed E-state index contributed by atoms with van der Waals surface area (Å²) in [6.07, 6.45) is 0. The number of morpholine rings is 1. The summed E-state index contributed by atoms with van der Waals surface area (Å²) in [4.78, 5) is 36.7. The Morgan fingerprint density at radius 3 is 2.85 bits per heavy atom. The molecule has 5 rings (SSSR count). The first-order valence-corrected chi connectivity index (χ1v) is 11.8. The van der Waals surface area contributed by atoms with Crippen molar-refractivity contribution in [1.82, 2.24) is 14.9 Å². The summed E-state index contributed by atoms with van der Waals surface area (Å²) in [7, 11) is 0. The Hall–Kier alpha value is -3.01. The topological polar surface area (TPSA) is 93.6 Å². The molecule has 8 nitrogen and oxygen atoms in total. The molecule has 3 aromatic rings. The van der Waals surface area contributed by atoms with Crippen molar-refractivity contribution in [3.05, 3.63) is 53.9 Å². The predicted molar refractivity (Wildman–Crippen MR) is 126 cm³/mol. The van der Waals surface area contributed by atoms with Crippen LogP contribution in [0.2, 0.25) is 0 Å². The lowest BCUT2D eigenvalue weighted by molar-refractivity contribution is -0.118. The van der Waals surface area contributed by atoms with Crippen molar-refractivity contribution in [2.75, 3.05) is 38.2 Å². The molecule has 1 aromatic heterocycles. The molecule has 9 heteroatoms. The minimum absolute atomic E-state index is 0.0138. The number of para-hydroxylation sites is 1. The number of ketones is 1. The van der Waals surface area contributed by atoms with Crippen LogP contribution in [0.3, 0.4) is 0 Å². The third kappa shape index (κ3) is 4.85. The quantitative estimate of drug-likeness (QED) is 0.338. The van der Waals surface area contributed by atoms with Gasteiger partial charge in [0, 0.05) is 24.0 Å². The molecular formula is C24H24N4O4S. The van der Waals surface area contributed by atoms with Crippen LogP contribution in [0.1, 0.15) is 23.1 Å². The van der Waals surface area contributed by atoms with Gasteiger partial charge in [-0.2, -0.15) is 0 Å². The molecular weight excluding hydrogens is 440 g/mol. The highest BCUT2D eigenvalue weighted by Crippen LogP contribution is 2.33. The molecule has 3 heterocycles. The van der Waals surface area contributed by atoms with Crippen molar-refractivity contribution in [3.8, 4) is 5.75 Å². The Bertz CT molecular complexity index is 1210. The smallest absolute Gasteiger partial charge is 0.262 e. The number of fused-ring (bicyclic) bond motifs is 2. The fourth-order valence-electron chi connectivity index (χ4n) is 3.91. The number of ether oxygens (including phenoxy) is 2. The zero-order chi connectivity index (χ0) is 22.8. The van der Waals surface area contributed by atoms with Gasteiger partial charge in [0.2, 0.25) is 0 Å². The zero-order valence-corrected chi connectivity index (χ0v) is 19.1. The molecule has 2 aliphatic rings. The summed E-state index contributed by atoms with van der Waals surface area (Å²) in [5, 5.41) is 4.10. The summed E-state index contributed by atoms with van der Waals surface area (Å²) >= 11 is 1.43. The Labute approximate surface area is 195 Å². The van der Waals surface area contributed by atoms with E-state index >= 15 is 0 Å². The monoisotopic (exact) mass is 464 g/mol. The van der Waals surface area contributed by atoms with Crippen LogP contribution in [0, 0.1) is 0 Å². The molecule has 0 saturated carbocycles. The minimum atomic E-state index is -0.377. The minimum Gasteiger partial charge on any atom is -0.482 e. The van der Waals surface area contributed by atoms with E-state index in [1.807, 2.05) is 31.2 Å². The third-order valence-corrected chi connectivity index (χ3v) is 6.74. The molecule has 1 amide bonds. The molecule has 1 unspecified atom stereocenters. The first-order chi connectivity index (χ1) is 16.1. The van der Waals surface area contributed by atoms with E-state index in [-0.39, 0.29) is 23.5 Å². The second kappa shape index (κ2) is 9.46. The Balaban J connectivity index is 1.39. The van der Waals surface area contributed by atoms with Crippen LogP contribution >= 0.6 is 11.8 Å². The van der Waals surface area contributed by atoms with E-state index in [0.717, 1.165) is 34.8 Å². The highest BCUT2D eigenvalue weighted by molar-refractivity contribution is 8.00. The van der Waals surface area contributed by atoms with Gasteiger partial charge in [-0.05, 0) is 31.2 Å². The Morgan fingerprint density at radius 2 is 2.00 bits per heavy atom. The summed E-state index contributed by atoms with van der Waals surface area (Å²) in [5.74, 6) is 1.04. The number of Topliss-reactive ketones (excluding diaryl/α,β-unsaturated/α-hetero) is 1. The van der Waals surface area contributed by atoms with E-state index in [4.69, 9.17) is 19.4 Å². The molecule has 0 radical (unpaired) electrons. The molecule has 170 valence electrons. The number of carbonyl (C=O) groups is 2. The van der Waals surface area contributed by atoms with Crippen LogP contribution in [0.4, 0.5) is 5.69 Å². The number of nitrogens with zero attached hydrogens (tertiary/aromatic N) is 3. The van der Waals surface area contributed by atoms with Crippen LogP contribution in [-0.4, -0.2) is 64.7 Å². The molecule has 1 atom stereocenters. The van der Waals surface area contributed by atoms with Crippen molar-refractivity contribution in [2.45, 2.75) is 23.7 Å². The first kappa shape index (κ1) is 21.8. The summed E-state index contributed by atoms with van der Waals surface area (Å²) < 4.78 is 10.8. The molecule has 0 spiro atoms. The van der Waals surface area contributed by atoms with Gasteiger partial charge < -0.3 is 14.8 Å². The standard InChI is InChI=1S/C24H24N4O4S/c1-15(23(30)16-6-7-20-19(12-16)26-22(29)14-32-20)33-24-17-4-2-3-5-18(17)25-21(27-24)13-28-8-10-31-11-9-28/h2-7,12,15H,8-11,13-14H2,1H3,(H,26,29). The number of rotatable bonds is 6. The fourth-order valence-corrected chi connectivity index (χ4v) is 4.94. The van der Waals surface area contributed by atoms with E-state index < -0.39 is 0 Å². The van der Waals surface area contributed by atoms with Crippen molar-refractivity contribution >= 4 is 40.0 Å². The maximum Gasteiger partial charge on any atom is 0.262 e. The number of thioether (sulfide) groups is 1. The highest BCUT2D eigenvalue weighted by Gasteiger charge is 2.23. The van der Waals surface area contributed by atoms with Crippen LogP contribution in [0.25, 0.3) is 10.9 Å². The van der Waals surface area contributed by atoms with E-state index in [1.54, 1.807) is 18.2 Å². The number of nitrogens with one attached hydrogen (secondary N) is 1. The Kier molecular flexibility index (Phi) is 6.26. The van der Waals surface area contributed by atoms with Gasteiger partial charge in [-0.3, -0.25) is 14.5 Å². The average molecular weight is 465 g/mol. The molecule has 2 aliphatic heterocycles. The highest BCUT2D eigenvalue weighted by atomic mass is 32.2. The molecule has 0 aliphatic carbocycles. The summed E-state index contributed by atoms with van der Waals surface area (Å²) in [5.41, 5.74) is 1.91. The van der Waals surface area contributed by atoms with Crippen LogP contribution in [-0.2, 0) is 16.1 Å². The third-order valence-electron chi connectivity index (χ3n) is 5.64. The fraction of sp³-hybridized carbons (Fsp3) is 0.333. The number of amides is 1. The van der Waals surface area contributed by atoms with Crippen molar-refractivity contribution in [3.63, 3.8) is 0 Å². The second-order valence-electron chi connectivity index (χ2n) is 8.02. The Morgan fingerprint density at radius 1 is 1.18 bits per heavy atom. The SMILES string of the molecule is CC(Sc1nc(CN2CCOCC2)nc2ccccc12)C(=O)c1ccc2c(c1)NC(=O)CO2. The van der Waals surface area contributed by atoms with E-state index in [2.05, 4.69) is 10.2 Å². The largest absolute Gasteiger partial charge is 0.482 e. The first-order valence-electron chi connectivity index (χ1n) is 10.9. The van der Waals surface area contributed by atoms with E-state index in [1.165, 1.54) is 11.8 Å². The second-order valence-corrected chi connectivity index (χ2v) is 9.35. The molecule has 1 fully saturated rings. The van der Waals surface area contributed by atoms with Crippen molar-refractivity contribution in [1.29, 1.82) is 0 Å². The number of carbonyl (C=O) groups excluding carboxylic acids is 2. The molecule has 2 aromatic carbocycles. The van der Waals surface area contributed by atoms with Crippen LogP contribution in [0.15, 0.2) is 47.5 Å². The van der Waals surface area contributed by atoms with E-state index in [9.17, 15) is 9.59 Å². The number of benzene rings is 2.